The maximum Gasteiger partial charge on any atom is 0.312 e. The van der Waals surface area contributed by atoms with Crippen LogP contribution >= 0.6 is 0 Å². The number of amides is 1. The standard InChI is InChI=1S/C22H22N4O4/c27-19-7-3-5-17(24-19)20(28)25-10-8-22(9-11-25)12-15(30-21(22)29)13-26-14-23-16-4-1-2-6-18(16)26/h1-7,14-15H,8-13H2,(H,24,27). The van der Waals surface area contributed by atoms with Crippen molar-refractivity contribution in [1.82, 2.24) is 19.4 Å². The Bertz CT molecular complexity index is 1170. The average molecular weight is 406 g/mol. The van der Waals surface area contributed by atoms with E-state index in [4.69, 9.17) is 4.74 Å². The van der Waals surface area contributed by atoms with Crippen molar-refractivity contribution >= 4 is 22.9 Å². The summed E-state index contributed by atoms with van der Waals surface area (Å²) >= 11 is 0. The number of aromatic amines is 1. The van der Waals surface area contributed by atoms with Crippen LogP contribution in [0.5, 0.6) is 0 Å². The number of nitrogens with zero attached hydrogens (tertiary/aromatic N) is 3. The highest BCUT2D eigenvalue weighted by Crippen LogP contribution is 2.43. The number of aromatic nitrogens is 3. The topological polar surface area (TPSA) is 97.3 Å². The number of hydrogen-bond donors (Lipinski definition) is 1. The van der Waals surface area contributed by atoms with E-state index in [9.17, 15) is 14.4 Å². The number of piperidine rings is 1. The Hall–Kier alpha value is -3.42. The highest BCUT2D eigenvalue weighted by molar-refractivity contribution is 5.92. The van der Waals surface area contributed by atoms with Crippen LogP contribution in [0.25, 0.3) is 11.0 Å². The molecule has 2 saturated heterocycles. The van der Waals surface area contributed by atoms with Gasteiger partial charge < -0.3 is 19.2 Å². The summed E-state index contributed by atoms with van der Waals surface area (Å²) in [5.41, 5.74) is 1.37. The number of para-hydroxylation sites is 2. The number of likely N-dealkylation sites (tertiary alicyclic amines) is 1. The molecule has 3 aromatic rings. The molecule has 1 N–H and O–H groups in total. The Morgan fingerprint density at radius 2 is 1.93 bits per heavy atom. The molecule has 4 heterocycles. The number of esters is 1. The number of rotatable bonds is 3. The number of fused-ring (bicyclic) bond motifs is 1. The molecule has 30 heavy (non-hydrogen) atoms. The number of benzene rings is 1. The van der Waals surface area contributed by atoms with Gasteiger partial charge >= 0.3 is 5.97 Å². The third kappa shape index (κ3) is 3.18. The number of carbonyl (C=O) groups is 2. The van der Waals surface area contributed by atoms with Gasteiger partial charge in [0.05, 0.1) is 29.3 Å². The van der Waals surface area contributed by atoms with E-state index in [2.05, 4.69) is 9.97 Å². The van der Waals surface area contributed by atoms with Gasteiger partial charge in [0.2, 0.25) is 5.56 Å². The third-order valence-corrected chi connectivity index (χ3v) is 6.26. The zero-order valence-corrected chi connectivity index (χ0v) is 16.4. The second-order valence-electron chi connectivity index (χ2n) is 8.12. The average Bonchev–Trinajstić information content (AvgIpc) is 3.29. The minimum absolute atomic E-state index is 0.169. The van der Waals surface area contributed by atoms with Crippen molar-refractivity contribution in [2.75, 3.05) is 13.1 Å². The zero-order valence-electron chi connectivity index (χ0n) is 16.4. The van der Waals surface area contributed by atoms with E-state index < -0.39 is 5.41 Å². The molecule has 1 spiro atoms. The normalized spacial score (nSPS) is 20.6. The number of H-pyrrole nitrogens is 1. The van der Waals surface area contributed by atoms with Gasteiger partial charge in [0.15, 0.2) is 0 Å². The van der Waals surface area contributed by atoms with E-state index in [0.717, 1.165) is 11.0 Å². The molecular weight excluding hydrogens is 384 g/mol. The molecule has 8 heteroatoms. The first-order chi connectivity index (χ1) is 14.5. The fraction of sp³-hybridized carbons (Fsp3) is 0.364. The van der Waals surface area contributed by atoms with Crippen molar-refractivity contribution in [3.05, 3.63) is 64.8 Å². The highest BCUT2D eigenvalue weighted by atomic mass is 16.6. The van der Waals surface area contributed by atoms with Crippen LogP contribution in [0.1, 0.15) is 29.8 Å². The molecule has 0 radical (unpaired) electrons. The molecule has 5 rings (SSSR count). The van der Waals surface area contributed by atoms with Crippen LogP contribution in [0.4, 0.5) is 0 Å². The summed E-state index contributed by atoms with van der Waals surface area (Å²) < 4.78 is 7.76. The van der Waals surface area contributed by atoms with Gasteiger partial charge in [-0.1, -0.05) is 18.2 Å². The Kier molecular flexibility index (Phi) is 4.42. The number of nitrogens with one attached hydrogen (secondary N) is 1. The van der Waals surface area contributed by atoms with Crippen molar-refractivity contribution in [2.45, 2.75) is 31.9 Å². The van der Waals surface area contributed by atoms with Gasteiger partial charge in [0.25, 0.3) is 5.91 Å². The number of carbonyl (C=O) groups excluding carboxylic acids is 2. The minimum atomic E-state index is -0.540. The summed E-state index contributed by atoms with van der Waals surface area (Å²) in [4.78, 5) is 45.6. The minimum Gasteiger partial charge on any atom is -0.460 e. The van der Waals surface area contributed by atoms with E-state index in [1.54, 1.807) is 23.4 Å². The van der Waals surface area contributed by atoms with Gasteiger partial charge in [-0.15, -0.1) is 0 Å². The predicted octanol–water partition coefficient (Wildman–Crippen LogP) is 1.96. The van der Waals surface area contributed by atoms with Crippen molar-refractivity contribution in [3.8, 4) is 0 Å². The van der Waals surface area contributed by atoms with Gasteiger partial charge in [0.1, 0.15) is 11.8 Å². The first kappa shape index (κ1) is 18.6. The molecule has 1 atom stereocenters. The fourth-order valence-electron chi connectivity index (χ4n) is 4.60. The van der Waals surface area contributed by atoms with Crippen LogP contribution < -0.4 is 5.56 Å². The lowest BCUT2D eigenvalue weighted by atomic mass is 9.76. The summed E-state index contributed by atoms with van der Waals surface area (Å²) in [6, 6.07) is 12.4. The Morgan fingerprint density at radius 3 is 2.73 bits per heavy atom. The number of hydrogen-bond acceptors (Lipinski definition) is 5. The van der Waals surface area contributed by atoms with Gasteiger partial charge in [-0.05, 0) is 31.0 Å². The second kappa shape index (κ2) is 7.12. The molecule has 1 unspecified atom stereocenters. The van der Waals surface area contributed by atoms with Gasteiger partial charge in [-0.2, -0.15) is 0 Å². The zero-order chi connectivity index (χ0) is 20.7. The fourth-order valence-corrected chi connectivity index (χ4v) is 4.60. The van der Waals surface area contributed by atoms with Crippen LogP contribution in [0.15, 0.2) is 53.6 Å². The molecule has 154 valence electrons. The lowest BCUT2D eigenvalue weighted by molar-refractivity contribution is -0.150. The van der Waals surface area contributed by atoms with Gasteiger partial charge in [0, 0.05) is 25.6 Å². The Morgan fingerprint density at radius 1 is 1.13 bits per heavy atom. The Balaban J connectivity index is 1.26. The van der Waals surface area contributed by atoms with E-state index >= 15 is 0 Å². The lowest BCUT2D eigenvalue weighted by Gasteiger charge is -2.36. The molecule has 1 aromatic carbocycles. The van der Waals surface area contributed by atoms with Gasteiger partial charge in [-0.3, -0.25) is 14.4 Å². The first-order valence-corrected chi connectivity index (χ1v) is 10.1. The van der Waals surface area contributed by atoms with Crippen molar-refractivity contribution in [3.63, 3.8) is 0 Å². The van der Waals surface area contributed by atoms with E-state index in [1.807, 2.05) is 28.8 Å². The summed E-state index contributed by atoms with van der Waals surface area (Å²) in [6.07, 6.45) is 3.35. The molecule has 0 saturated carbocycles. The number of imidazole rings is 1. The molecular formula is C22H22N4O4. The van der Waals surface area contributed by atoms with E-state index in [0.29, 0.717) is 38.9 Å². The summed E-state index contributed by atoms with van der Waals surface area (Å²) in [5.74, 6) is -0.382. The molecule has 1 amide bonds. The number of cyclic esters (lactones) is 1. The van der Waals surface area contributed by atoms with Crippen molar-refractivity contribution < 1.29 is 14.3 Å². The van der Waals surface area contributed by atoms with Crippen LogP contribution in [0, 0.1) is 5.41 Å². The van der Waals surface area contributed by atoms with Crippen LogP contribution in [0.2, 0.25) is 0 Å². The second-order valence-corrected chi connectivity index (χ2v) is 8.12. The Labute approximate surface area is 172 Å². The molecule has 2 aliphatic rings. The molecule has 2 aliphatic heterocycles. The van der Waals surface area contributed by atoms with Gasteiger partial charge in [-0.25, -0.2) is 4.98 Å². The smallest absolute Gasteiger partial charge is 0.312 e. The first-order valence-electron chi connectivity index (χ1n) is 10.1. The van der Waals surface area contributed by atoms with Crippen molar-refractivity contribution in [1.29, 1.82) is 0 Å². The maximum absolute atomic E-state index is 12.7. The largest absolute Gasteiger partial charge is 0.460 e. The highest BCUT2D eigenvalue weighted by Gasteiger charge is 2.51. The van der Waals surface area contributed by atoms with E-state index in [-0.39, 0.29) is 29.2 Å². The summed E-state index contributed by atoms with van der Waals surface area (Å²) in [5, 5.41) is 0. The summed E-state index contributed by atoms with van der Waals surface area (Å²) in [6.45, 7) is 1.50. The molecule has 2 aromatic heterocycles. The molecule has 0 aliphatic carbocycles. The maximum atomic E-state index is 12.7. The van der Waals surface area contributed by atoms with Crippen molar-refractivity contribution in [2.24, 2.45) is 5.41 Å². The number of pyridine rings is 1. The number of ether oxygens (including phenoxy) is 1. The molecule has 0 bridgehead atoms. The molecule has 2 fully saturated rings. The van der Waals surface area contributed by atoms with E-state index in [1.165, 1.54) is 6.07 Å². The quantitative estimate of drug-likeness (QED) is 0.671. The summed E-state index contributed by atoms with van der Waals surface area (Å²) in [7, 11) is 0. The predicted molar refractivity (Wildman–Crippen MR) is 109 cm³/mol. The lowest BCUT2D eigenvalue weighted by Crippen LogP contribution is -2.45. The molecule has 8 nitrogen and oxygen atoms in total. The monoisotopic (exact) mass is 406 g/mol. The van der Waals surface area contributed by atoms with Crippen LogP contribution in [-0.2, 0) is 16.1 Å². The third-order valence-electron chi connectivity index (χ3n) is 6.26. The SMILES string of the molecule is O=C(c1cccc(=O)[nH]1)N1CCC2(CC1)CC(Cn1cnc3ccccc31)OC2=O. The van der Waals surface area contributed by atoms with Crippen LogP contribution in [-0.4, -0.2) is 50.5 Å². The van der Waals surface area contributed by atoms with Crippen LogP contribution in [0.3, 0.4) is 0 Å².